The summed E-state index contributed by atoms with van der Waals surface area (Å²) >= 11 is 0. The van der Waals surface area contributed by atoms with Crippen molar-refractivity contribution in [1.29, 1.82) is 0 Å². The van der Waals surface area contributed by atoms with Crippen LogP contribution in [-0.2, 0) is 22.6 Å². The van der Waals surface area contributed by atoms with Crippen molar-refractivity contribution in [3.05, 3.63) is 101 Å². The number of hydrogen-bond donors (Lipinski definition) is 1. The number of aliphatic hydroxyl groups is 1. The lowest BCUT2D eigenvalue weighted by atomic mass is 9.94. The molecule has 3 aromatic carbocycles. The summed E-state index contributed by atoms with van der Waals surface area (Å²) < 4.78 is 11.5. The highest BCUT2D eigenvalue weighted by molar-refractivity contribution is 6.46. The molecule has 3 aromatic rings. The number of benzene rings is 3. The van der Waals surface area contributed by atoms with Crippen molar-refractivity contribution < 1.29 is 24.2 Å². The van der Waals surface area contributed by atoms with Crippen LogP contribution in [0, 0.1) is 0 Å². The van der Waals surface area contributed by atoms with E-state index in [0.717, 1.165) is 28.9 Å². The lowest BCUT2D eigenvalue weighted by molar-refractivity contribution is -0.140. The summed E-state index contributed by atoms with van der Waals surface area (Å²) in [6, 6.07) is 21.9. The molecule has 0 spiro atoms. The number of carbonyl (C=O) groups excluding carboxylic acids is 2. The van der Waals surface area contributed by atoms with Gasteiger partial charge in [0.15, 0.2) is 0 Å². The molecule has 0 saturated carbocycles. The molecule has 1 unspecified atom stereocenters. The first kappa shape index (κ1) is 24.6. The Bertz CT molecular complexity index is 1330. The van der Waals surface area contributed by atoms with Gasteiger partial charge >= 0.3 is 0 Å². The fourth-order valence-electron chi connectivity index (χ4n) is 4.74. The number of hydrogen-bond acceptors (Lipinski definition) is 6. The maximum atomic E-state index is 13.2. The van der Waals surface area contributed by atoms with Gasteiger partial charge in [-0.1, -0.05) is 42.5 Å². The number of likely N-dealkylation sites (N-methyl/N-ethyl adjacent to an activating group) is 1. The molecule has 2 aliphatic heterocycles. The molecule has 7 nitrogen and oxygen atoms in total. The van der Waals surface area contributed by atoms with Gasteiger partial charge in [-0.25, -0.2) is 0 Å². The topological polar surface area (TPSA) is 79.3 Å². The van der Waals surface area contributed by atoms with Crippen LogP contribution in [-0.4, -0.2) is 60.4 Å². The van der Waals surface area contributed by atoms with Crippen LogP contribution >= 0.6 is 0 Å². The number of fused-ring (bicyclic) bond motifs is 1. The van der Waals surface area contributed by atoms with Crippen molar-refractivity contribution in [3.63, 3.8) is 0 Å². The van der Waals surface area contributed by atoms with E-state index in [-0.39, 0.29) is 11.3 Å². The Morgan fingerprint density at radius 1 is 1.05 bits per heavy atom. The fraction of sp³-hybridized carbons (Fsp3) is 0.267. The molecule has 0 aliphatic carbocycles. The standard InChI is InChI=1S/C30H30N2O5/c1-31(2)15-16-32-27(21-8-11-24(12-9-21)37-19-20-6-4-3-5-7-20)26(29(34)30(32)35)28(33)23-10-13-25-22(18-23)14-17-36-25/h3-13,18,27,33H,14-17,19H2,1-2H3/b28-26-. The highest BCUT2D eigenvalue weighted by atomic mass is 16.5. The van der Waals surface area contributed by atoms with Crippen molar-refractivity contribution in [3.8, 4) is 11.5 Å². The van der Waals surface area contributed by atoms with Crippen molar-refractivity contribution in [2.75, 3.05) is 33.8 Å². The number of ketones is 1. The SMILES string of the molecule is CN(C)CCN1C(=O)C(=O)/C(=C(\O)c2ccc3c(c2)CCO3)C1c1ccc(OCc2ccccc2)cc1. The summed E-state index contributed by atoms with van der Waals surface area (Å²) in [4.78, 5) is 29.9. The highest BCUT2D eigenvalue weighted by Crippen LogP contribution is 2.40. The van der Waals surface area contributed by atoms with Crippen LogP contribution in [0.1, 0.15) is 28.3 Å². The quantitative estimate of drug-likeness (QED) is 0.285. The number of ether oxygens (including phenoxy) is 2. The van der Waals surface area contributed by atoms with Gasteiger partial charge in [0.1, 0.15) is 23.9 Å². The summed E-state index contributed by atoms with van der Waals surface area (Å²) in [6.45, 7) is 1.96. The second-order valence-electron chi connectivity index (χ2n) is 9.56. The van der Waals surface area contributed by atoms with Gasteiger partial charge < -0.3 is 24.4 Å². The average Bonchev–Trinajstić information content (AvgIpc) is 3.48. The van der Waals surface area contributed by atoms with Gasteiger partial charge in [0, 0.05) is 25.1 Å². The summed E-state index contributed by atoms with van der Waals surface area (Å²) in [5, 5.41) is 11.3. The number of aliphatic hydroxyl groups excluding tert-OH is 1. The fourth-order valence-corrected chi connectivity index (χ4v) is 4.74. The smallest absolute Gasteiger partial charge is 0.295 e. The van der Waals surface area contributed by atoms with Crippen LogP contribution in [0.4, 0.5) is 0 Å². The number of rotatable bonds is 8. The molecule has 0 radical (unpaired) electrons. The minimum absolute atomic E-state index is 0.0978. The zero-order valence-corrected chi connectivity index (χ0v) is 21.0. The Balaban J connectivity index is 1.48. The number of nitrogens with zero attached hydrogens (tertiary/aromatic N) is 2. The normalized spacial score (nSPS) is 18.2. The molecule has 37 heavy (non-hydrogen) atoms. The van der Waals surface area contributed by atoms with E-state index in [4.69, 9.17) is 9.47 Å². The van der Waals surface area contributed by atoms with Crippen LogP contribution in [0.5, 0.6) is 11.5 Å². The largest absolute Gasteiger partial charge is 0.507 e. The van der Waals surface area contributed by atoms with Crippen molar-refractivity contribution in [2.24, 2.45) is 0 Å². The molecule has 1 fully saturated rings. The van der Waals surface area contributed by atoms with Gasteiger partial charge in [-0.15, -0.1) is 0 Å². The molecular formula is C30H30N2O5. The average molecular weight is 499 g/mol. The van der Waals surface area contributed by atoms with Gasteiger partial charge in [0.2, 0.25) is 0 Å². The molecule has 1 saturated heterocycles. The Morgan fingerprint density at radius 2 is 1.81 bits per heavy atom. The predicted octanol–water partition coefficient (Wildman–Crippen LogP) is 4.18. The van der Waals surface area contributed by atoms with E-state index < -0.39 is 17.7 Å². The molecule has 1 N–H and O–H groups in total. The van der Waals surface area contributed by atoms with Gasteiger partial charge in [0.25, 0.3) is 11.7 Å². The van der Waals surface area contributed by atoms with E-state index in [2.05, 4.69) is 0 Å². The van der Waals surface area contributed by atoms with Gasteiger partial charge in [-0.3, -0.25) is 9.59 Å². The molecule has 5 rings (SSSR count). The highest BCUT2D eigenvalue weighted by Gasteiger charge is 2.46. The summed E-state index contributed by atoms with van der Waals surface area (Å²) in [6.07, 6.45) is 0.738. The van der Waals surface area contributed by atoms with E-state index in [0.29, 0.717) is 37.6 Å². The van der Waals surface area contributed by atoms with Crippen molar-refractivity contribution in [2.45, 2.75) is 19.1 Å². The van der Waals surface area contributed by atoms with E-state index in [1.807, 2.05) is 79.7 Å². The second kappa shape index (κ2) is 10.5. The number of likely N-dealkylation sites (tertiary alicyclic amines) is 1. The van der Waals surface area contributed by atoms with Crippen LogP contribution in [0.3, 0.4) is 0 Å². The monoisotopic (exact) mass is 498 g/mol. The van der Waals surface area contributed by atoms with Crippen LogP contribution in [0.25, 0.3) is 5.76 Å². The Kier molecular flexibility index (Phi) is 6.97. The third-order valence-electron chi connectivity index (χ3n) is 6.74. The Morgan fingerprint density at radius 3 is 2.54 bits per heavy atom. The first-order valence-corrected chi connectivity index (χ1v) is 12.4. The molecule has 2 heterocycles. The minimum Gasteiger partial charge on any atom is -0.507 e. The lowest BCUT2D eigenvalue weighted by Gasteiger charge is -2.26. The van der Waals surface area contributed by atoms with Crippen LogP contribution in [0.15, 0.2) is 78.4 Å². The first-order valence-electron chi connectivity index (χ1n) is 12.4. The lowest BCUT2D eigenvalue weighted by Crippen LogP contribution is -2.35. The second-order valence-corrected chi connectivity index (χ2v) is 9.56. The number of carbonyl (C=O) groups is 2. The molecule has 1 amide bonds. The van der Waals surface area contributed by atoms with E-state index in [1.165, 1.54) is 0 Å². The van der Waals surface area contributed by atoms with E-state index >= 15 is 0 Å². The summed E-state index contributed by atoms with van der Waals surface area (Å²) in [7, 11) is 3.83. The van der Waals surface area contributed by atoms with Gasteiger partial charge in [-0.2, -0.15) is 0 Å². The predicted molar refractivity (Wildman–Crippen MR) is 140 cm³/mol. The minimum atomic E-state index is -0.701. The molecule has 0 aromatic heterocycles. The summed E-state index contributed by atoms with van der Waals surface area (Å²) in [5.41, 5.74) is 3.37. The molecule has 1 atom stereocenters. The third-order valence-corrected chi connectivity index (χ3v) is 6.74. The molecule has 7 heteroatoms. The van der Waals surface area contributed by atoms with Crippen molar-refractivity contribution in [1.82, 2.24) is 9.80 Å². The van der Waals surface area contributed by atoms with Crippen LogP contribution in [0.2, 0.25) is 0 Å². The zero-order chi connectivity index (χ0) is 25.9. The maximum absolute atomic E-state index is 13.2. The number of amides is 1. The van der Waals surface area contributed by atoms with Gasteiger partial charge in [0.05, 0.1) is 18.2 Å². The maximum Gasteiger partial charge on any atom is 0.295 e. The van der Waals surface area contributed by atoms with E-state index in [1.54, 1.807) is 17.0 Å². The van der Waals surface area contributed by atoms with Crippen molar-refractivity contribution >= 4 is 17.4 Å². The first-order chi connectivity index (χ1) is 17.9. The number of Topliss-reactive ketones (excluding diaryl/α,β-unsaturated/α-hetero) is 1. The zero-order valence-electron chi connectivity index (χ0n) is 21.0. The van der Waals surface area contributed by atoms with E-state index in [9.17, 15) is 14.7 Å². The van der Waals surface area contributed by atoms with Crippen LogP contribution < -0.4 is 9.47 Å². The third kappa shape index (κ3) is 5.08. The molecule has 0 bridgehead atoms. The molecule has 2 aliphatic rings. The van der Waals surface area contributed by atoms with Gasteiger partial charge in [-0.05, 0) is 61.1 Å². The molecule has 190 valence electrons. The summed E-state index contributed by atoms with van der Waals surface area (Å²) in [5.74, 6) is 0.00149. The Labute approximate surface area is 216 Å². The Hall–Kier alpha value is -4.10. The molecular weight excluding hydrogens is 468 g/mol.